The van der Waals surface area contributed by atoms with Crippen LogP contribution < -0.4 is 4.74 Å². The Hall–Kier alpha value is -1.85. The monoisotopic (exact) mass is 333 g/mol. The molecule has 5 heteroatoms. The third-order valence-electron chi connectivity index (χ3n) is 4.40. The highest BCUT2D eigenvalue weighted by atomic mass is 16.5. The molecule has 1 aromatic rings. The number of hydrogen-bond acceptors (Lipinski definition) is 4. The molecule has 24 heavy (non-hydrogen) atoms. The van der Waals surface area contributed by atoms with Gasteiger partial charge in [-0.25, -0.2) is 0 Å². The smallest absolute Gasteiger partial charge is 0.257 e. The average molecular weight is 333 g/mol. The van der Waals surface area contributed by atoms with Crippen molar-refractivity contribution in [1.82, 2.24) is 4.90 Å². The molecular weight excluding hydrogens is 306 g/mol. The first-order chi connectivity index (χ1) is 11.5. The lowest BCUT2D eigenvalue weighted by Crippen LogP contribution is -2.44. The highest BCUT2D eigenvalue weighted by molar-refractivity contribution is 5.96. The van der Waals surface area contributed by atoms with Gasteiger partial charge in [-0.1, -0.05) is 18.7 Å². The molecule has 0 saturated carbocycles. The molecule has 2 rings (SSSR count). The second kappa shape index (κ2) is 8.31. The molecule has 1 N–H and O–H groups in total. The van der Waals surface area contributed by atoms with Gasteiger partial charge >= 0.3 is 0 Å². The van der Waals surface area contributed by atoms with Gasteiger partial charge in [0.05, 0.1) is 12.2 Å². The largest absolute Gasteiger partial charge is 0.488 e. The molecule has 1 saturated heterocycles. The van der Waals surface area contributed by atoms with Gasteiger partial charge in [0.15, 0.2) is 0 Å². The predicted octanol–water partition coefficient (Wildman–Crippen LogP) is 2.50. The topological polar surface area (TPSA) is 59.0 Å². The maximum Gasteiger partial charge on any atom is 0.257 e. The van der Waals surface area contributed by atoms with Gasteiger partial charge in [-0.2, -0.15) is 0 Å². The third-order valence-corrected chi connectivity index (χ3v) is 4.40. The van der Waals surface area contributed by atoms with E-state index < -0.39 is 0 Å². The summed E-state index contributed by atoms with van der Waals surface area (Å²) in [4.78, 5) is 14.5. The summed E-state index contributed by atoms with van der Waals surface area (Å²) >= 11 is 0. The van der Waals surface area contributed by atoms with Crippen LogP contribution in [0.1, 0.15) is 30.1 Å². The van der Waals surface area contributed by atoms with Crippen molar-refractivity contribution in [3.8, 4) is 5.75 Å². The number of hydrogen-bond donors (Lipinski definition) is 1. The zero-order valence-electron chi connectivity index (χ0n) is 14.6. The lowest BCUT2D eigenvalue weighted by molar-refractivity contribution is -0.0283. The summed E-state index contributed by atoms with van der Waals surface area (Å²) in [5.41, 5.74) is 1.14. The van der Waals surface area contributed by atoms with Crippen molar-refractivity contribution in [3.63, 3.8) is 0 Å². The van der Waals surface area contributed by atoms with E-state index in [0.29, 0.717) is 37.7 Å². The summed E-state index contributed by atoms with van der Waals surface area (Å²) in [7, 11) is 1.77. The van der Waals surface area contributed by atoms with Gasteiger partial charge in [-0.05, 0) is 37.5 Å². The van der Waals surface area contributed by atoms with E-state index in [1.807, 2.05) is 19.1 Å². The van der Waals surface area contributed by atoms with E-state index in [1.165, 1.54) is 0 Å². The minimum atomic E-state index is -0.282. The number of carbonyl (C=O) groups is 1. The number of nitrogens with zero attached hydrogens (tertiary/aromatic N) is 1. The van der Waals surface area contributed by atoms with Gasteiger partial charge in [0, 0.05) is 32.2 Å². The van der Waals surface area contributed by atoms with Crippen LogP contribution in [-0.2, 0) is 4.74 Å². The third kappa shape index (κ3) is 4.58. The number of aliphatic hydroxyl groups excluding tert-OH is 1. The molecule has 1 heterocycles. The molecule has 0 bridgehead atoms. The Bertz CT molecular complexity index is 578. The number of amides is 1. The normalized spacial score (nSPS) is 16.5. The van der Waals surface area contributed by atoms with Gasteiger partial charge in [0.2, 0.25) is 0 Å². The molecule has 1 amide bonds. The number of carbonyl (C=O) groups excluding carboxylic acids is 1. The fraction of sp³-hybridized carbons (Fsp3) is 0.526. The Balaban J connectivity index is 2.11. The first-order valence-electron chi connectivity index (χ1n) is 8.28. The molecule has 0 unspecified atom stereocenters. The standard InChI is InChI=1S/C19H27NO4/c1-15(2)12-24-17-7-5-4-6-16(17)18(22)20(3)13-19(14-21)8-10-23-11-9-19/h4-7,21H,1,8-14H2,2-3H3. The van der Waals surface area contributed by atoms with Gasteiger partial charge < -0.3 is 19.5 Å². The van der Waals surface area contributed by atoms with E-state index in [2.05, 4.69) is 6.58 Å². The maximum absolute atomic E-state index is 12.9. The summed E-state index contributed by atoms with van der Waals surface area (Å²) in [6, 6.07) is 7.23. The van der Waals surface area contributed by atoms with Crippen LogP contribution in [0.25, 0.3) is 0 Å². The van der Waals surface area contributed by atoms with Gasteiger partial charge in [0.25, 0.3) is 5.91 Å². The van der Waals surface area contributed by atoms with Crippen LogP contribution in [0.5, 0.6) is 5.75 Å². The molecule has 0 aliphatic carbocycles. The van der Waals surface area contributed by atoms with Crippen molar-refractivity contribution >= 4 is 5.91 Å². The predicted molar refractivity (Wildman–Crippen MR) is 93.3 cm³/mol. The Morgan fingerprint density at radius 2 is 2.04 bits per heavy atom. The number of aliphatic hydroxyl groups is 1. The molecule has 0 radical (unpaired) electrons. The summed E-state index contributed by atoms with van der Waals surface area (Å²) < 4.78 is 11.1. The number of ether oxygens (including phenoxy) is 2. The van der Waals surface area contributed by atoms with Crippen molar-refractivity contribution in [2.45, 2.75) is 19.8 Å². The fourth-order valence-corrected chi connectivity index (χ4v) is 2.92. The lowest BCUT2D eigenvalue weighted by Gasteiger charge is -2.38. The summed E-state index contributed by atoms with van der Waals surface area (Å²) in [5, 5.41) is 9.81. The minimum absolute atomic E-state index is 0.0573. The van der Waals surface area contributed by atoms with E-state index in [-0.39, 0.29) is 17.9 Å². The fourth-order valence-electron chi connectivity index (χ4n) is 2.92. The maximum atomic E-state index is 12.9. The Kier molecular flexibility index (Phi) is 6.40. The van der Waals surface area contributed by atoms with Crippen LogP contribution in [0, 0.1) is 5.41 Å². The highest BCUT2D eigenvalue weighted by Gasteiger charge is 2.34. The summed E-state index contributed by atoms with van der Waals surface area (Å²) in [6.07, 6.45) is 1.52. The number of benzene rings is 1. The average Bonchev–Trinajstić information content (AvgIpc) is 2.60. The van der Waals surface area contributed by atoms with Crippen LogP contribution in [0.4, 0.5) is 0 Å². The van der Waals surface area contributed by atoms with Crippen molar-refractivity contribution < 1.29 is 19.4 Å². The molecule has 1 aromatic carbocycles. The number of rotatable bonds is 7. The zero-order valence-corrected chi connectivity index (χ0v) is 14.6. The molecule has 1 fully saturated rings. The van der Waals surface area contributed by atoms with Crippen molar-refractivity contribution in [2.24, 2.45) is 5.41 Å². The molecule has 1 aliphatic heterocycles. The number of para-hydroxylation sites is 1. The molecule has 0 atom stereocenters. The molecule has 1 aliphatic rings. The second-order valence-electron chi connectivity index (χ2n) is 6.67. The van der Waals surface area contributed by atoms with Crippen molar-refractivity contribution in [1.29, 1.82) is 0 Å². The van der Waals surface area contributed by atoms with E-state index >= 15 is 0 Å². The SMILES string of the molecule is C=C(C)COc1ccccc1C(=O)N(C)CC1(CO)CCOCC1. The lowest BCUT2D eigenvalue weighted by atomic mass is 9.80. The quantitative estimate of drug-likeness (QED) is 0.779. The Morgan fingerprint density at radius 3 is 2.67 bits per heavy atom. The summed E-state index contributed by atoms with van der Waals surface area (Å²) in [5.74, 6) is 0.453. The van der Waals surface area contributed by atoms with Crippen molar-refractivity contribution in [3.05, 3.63) is 42.0 Å². The molecule has 132 valence electrons. The first kappa shape index (κ1) is 18.5. The zero-order chi connectivity index (χ0) is 17.6. The van der Waals surface area contributed by atoms with Crippen LogP contribution in [0.3, 0.4) is 0 Å². The van der Waals surface area contributed by atoms with Crippen molar-refractivity contribution in [2.75, 3.05) is 40.0 Å². The van der Waals surface area contributed by atoms with E-state index in [1.54, 1.807) is 24.1 Å². The van der Waals surface area contributed by atoms with E-state index in [0.717, 1.165) is 18.4 Å². The van der Waals surface area contributed by atoms with E-state index in [4.69, 9.17) is 9.47 Å². The first-order valence-corrected chi connectivity index (χ1v) is 8.28. The second-order valence-corrected chi connectivity index (χ2v) is 6.67. The van der Waals surface area contributed by atoms with E-state index in [9.17, 15) is 9.90 Å². The molecular formula is C19H27NO4. The summed E-state index contributed by atoms with van der Waals surface area (Å²) in [6.45, 7) is 7.89. The molecule has 0 spiro atoms. The van der Waals surface area contributed by atoms with Crippen LogP contribution >= 0.6 is 0 Å². The Morgan fingerprint density at radius 1 is 1.38 bits per heavy atom. The van der Waals surface area contributed by atoms with Gasteiger partial charge in [-0.15, -0.1) is 0 Å². The van der Waals surface area contributed by atoms with Crippen LogP contribution in [0.15, 0.2) is 36.4 Å². The minimum Gasteiger partial charge on any atom is -0.488 e. The van der Waals surface area contributed by atoms with Gasteiger partial charge in [-0.3, -0.25) is 4.79 Å². The molecule has 0 aromatic heterocycles. The Labute approximate surface area is 143 Å². The van der Waals surface area contributed by atoms with Crippen LogP contribution in [-0.4, -0.2) is 55.9 Å². The highest BCUT2D eigenvalue weighted by Crippen LogP contribution is 2.31. The van der Waals surface area contributed by atoms with Crippen LogP contribution in [0.2, 0.25) is 0 Å². The molecule has 5 nitrogen and oxygen atoms in total. The van der Waals surface area contributed by atoms with Gasteiger partial charge in [0.1, 0.15) is 12.4 Å².